The maximum atomic E-state index is 12.8. The molecule has 124 valence electrons. The van der Waals surface area contributed by atoms with Crippen molar-refractivity contribution in [2.24, 2.45) is 0 Å². The van der Waals surface area contributed by atoms with Crippen molar-refractivity contribution in [1.82, 2.24) is 5.32 Å². The summed E-state index contributed by atoms with van der Waals surface area (Å²) in [6.45, 7) is 2.39. The van der Waals surface area contributed by atoms with Crippen LogP contribution >= 0.6 is 0 Å². The predicted octanol–water partition coefficient (Wildman–Crippen LogP) is 4.16. The molecule has 3 heteroatoms. The highest BCUT2D eigenvalue weighted by Crippen LogP contribution is 2.16. The van der Waals surface area contributed by atoms with Gasteiger partial charge in [0.05, 0.1) is 5.56 Å². The van der Waals surface area contributed by atoms with E-state index in [-0.39, 0.29) is 11.7 Å². The van der Waals surface area contributed by atoms with Gasteiger partial charge in [-0.15, -0.1) is 0 Å². The second kappa shape index (κ2) is 7.58. The van der Waals surface area contributed by atoms with Crippen molar-refractivity contribution in [2.45, 2.75) is 13.5 Å². The Kier molecular flexibility index (Phi) is 5.05. The van der Waals surface area contributed by atoms with Crippen molar-refractivity contribution in [3.8, 4) is 0 Å². The summed E-state index contributed by atoms with van der Waals surface area (Å²) in [7, 11) is 0. The van der Waals surface area contributed by atoms with Gasteiger partial charge in [0, 0.05) is 17.7 Å². The SMILES string of the molecule is Cc1ccc(C(=O)c2ccccc2C(=O)NCc2ccccc2)cc1. The van der Waals surface area contributed by atoms with E-state index in [0.717, 1.165) is 11.1 Å². The lowest BCUT2D eigenvalue weighted by Gasteiger charge is -2.10. The third-order valence-electron chi connectivity index (χ3n) is 4.03. The molecule has 0 aliphatic carbocycles. The molecule has 3 rings (SSSR count). The molecule has 0 atom stereocenters. The van der Waals surface area contributed by atoms with Crippen LogP contribution in [-0.4, -0.2) is 11.7 Å². The van der Waals surface area contributed by atoms with E-state index in [2.05, 4.69) is 5.32 Å². The number of ketones is 1. The van der Waals surface area contributed by atoms with Crippen molar-refractivity contribution in [2.75, 3.05) is 0 Å². The molecule has 3 nitrogen and oxygen atoms in total. The van der Waals surface area contributed by atoms with Gasteiger partial charge >= 0.3 is 0 Å². The molecule has 0 saturated heterocycles. The molecule has 0 aromatic heterocycles. The quantitative estimate of drug-likeness (QED) is 0.715. The minimum Gasteiger partial charge on any atom is -0.348 e. The summed E-state index contributed by atoms with van der Waals surface area (Å²) in [5, 5.41) is 2.88. The maximum absolute atomic E-state index is 12.8. The Morgan fingerprint density at radius 2 is 1.36 bits per heavy atom. The lowest BCUT2D eigenvalue weighted by Crippen LogP contribution is -2.25. The van der Waals surface area contributed by atoms with Gasteiger partial charge in [0.1, 0.15) is 0 Å². The molecule has 0 aliphatic heterocycles. The van der Waals surface area contributed by atoms with Crippen molar-refractivity contribution < 1.29 is 9.59 Å². The molecule has 0 bridgehead atoms. The molecule has 0 saturated carbocycles. The van der Waals surface area contributed by atoms with Crippen LogP contribution in [0.4, 0.5) is 0 Å². The van der Waals surface area contributed by atoms with Crippen LogP contribution in [0, 0.1) is 6.92 Å². The first-order chi connectivity index (χ1) is 12.1. The third-order valence-corrected chi connectivity index (χ3v) is 4.03. The summed E-state index contributed by atoms with van der Waals surface area (Å²) >= 11 is 0. The van der Waals surface area contributed by atoms with Gasteiger partial charge in [-0.2, -0.15) is 0 Å². The number of carbonyl (C=O) groups is 2. The molecule has 0 heterocycles. The highest BCUT2D eigenvalue weighted by molar-refractivity contribution is 6.15. The first kappa shape index (κ1) is 16.7. The average molecular weight is 329 g/mol. The van der Waals surface area contributed by atoms with E-state index in [1.54, 1.807) is 36.4 Å². The van der Waals surface area contributed by atoms with Crippen molar-refractivity contribution in [3.63, 3.8) is 0 Å². The Hall–Kier alpha value is -3.20. The van der Waals surface area contributed by atoms with Gasteiger partial charge in [0.25, 0.3) is 5.91 Å². The Morgan fingerprint density at radius 3 is 2.04 bits per heavy atom. The van der Waals surface area contributed by atoms with Crippen LogP contribution in [0.3, 0.4) is 0 Å². The minimum atomic E-state index is -0.250. The summed E-state index contributed by atoms with van der Waals surface area (Å²) in [4.78, 5) is 25.3. The Bertz CT molecular complexity index is 883. The van der Waals surface area contributed by atoms with Gasteiger partial charge < -0.3 is 5.32 Å². The first-order valence-corrected chi connectivity index (χ1v) is 8.17. The molecule has 1 amide bonds. The molecule has 3 aromatic carbocycles. The zero-order valence-corrected chi connectivity index (χ0v) is 14.0. The minimum absolute atomic E-state index is 0.148. The number of hydrogen-bond donors (Lipinski definition) is 1. The number of hydrogen-bond acceptors (Lipinski definition) is 2. The molecule has 0 aliphatic rings. The van der Waals surface area contributed by atoms with Crippen LogP contribution in [-0.2, 0) is 6.54 Å². The number of carbonyl (C=O) groups excluding carboxylic acids is 2. The number of rotatable bonds is 5. The highest BCUT2D eigenvalue weighted by Gasteiger charge is 2.17. The molecule has 0 unspecified atom stereocenters. The Balaban J connectivity index is 1.81. The van der Waals surface area contributed by atoms with Crippen LogP contribution in [0.2, 0.25) is 0 Å². The number of benzene rings is 3. The first-order valence-electron chi connectivity index (χ1n) is 8.17. The molecule has 0 radical (unpaired) electrons. The number of aryl methyl sites for hydroxylation is 1. The number of amides is 1. The molecule has 0 spiro atoms. The lowest BCUT2D eigenvalue weighted by molar-refractivity contribution is 0.0939. The molecule has 1 N–H and O–H groups in total. The Morgan fingerprint density at radius 1 is 0.760 bits per heavy atom. The second-order valence-electron chi connectivity index (χ2n) is 5.91. The van der Waals surface area contributed by atoms with Crippen LogP contribution in [0.5, 0.6) is 0 Å². The predicted molar refractivity (Wildman–Crippen MR) is 98.7 cm³/mol. The topological polar surface area (TPSA) is 46.2 Å². The fraction of sp³-hybridized carbons (Fsp3) is 0.0909. The summed E-state index contributed by atoms with van der Waals surface area (Å²) < 4.78 is 0. The van der Waals surface area contributed by atoms with E-state index in [1.807, 2.05) is 49.4 Å². The van der Waals surface area contributed by atoms with Gasteiger partial charge in [-0.1, -0.05) is 78.4 Å². The summed E-state index contributed by atoms with van der Waals surface area (Å²) in [6.07, 6.45) is 0. The Labute approximate surface area is 147 Å². The molecule has 25 heavy (non-hydrogen) atoms. The van der Waals surface area contributed by atoms with E-state index >= 15 is 0 Å². The fourth-order valence-electron chi connectivity index (χ4n) is 2.61. The zero-order chi connectivity index (χ0) is 17.6. The third kappa shape index (κ3) is 4.01. The molecular formula is C22H19NO2. The van der Waals surface area contributed by atoms with Gasteiger partial charge in [-0.3, -0.25) is 9.59 Å². The van der Waals surface area contributed by atoms with E-state index in [4.69, 9.17) is 0 Å². The smallest absolute Gasteiger partial charge is 0.252 e. The van der Waals surface area contributed by atoms with Gasteiger partial charge in [-0.25, -0.2) is 0 Å². The van der Waals surface area contributed by atoms with Crippen LogP contribution < -0.4 is 5.32 Å². The van der Waals surface area contributed by atoms with E-state index in [9.17, 15) is 9.59 Å². The van der Waals surface area contributed by atoms with Crippen molar-refractivity contribution in [3.05, 3.63) is 107 Å². The number of nitrogens with one attached hydrogen (secondary N) is 1. The van der Waals surface area contributed by atoms with E-state index < -0.39 is 0 Å². The molecular weight excluding hydrogens is 310 g/mol. The largest absolute Gasteiger partial charge is 0.348 e. The van der Waals surface area contributed by atoms with Crippen LogP contribution in [0.15, 0.2) is 78.9 Å². The van der Waals surface area contributed by atoms with Crippen LogP contribution in [0.25, 0.3) is 0 Å². The van der Waals surface area contributed by atoms with Gasteiger partial charge in [0.15, 0.2) is 5.78 Å². The van der Waals surface area contributed by atoms with E-state index in [1.165, 1.54) is 0 Å². The van der Waals surface area contributed by atoms with Gasteiger partial charge in [-0.05, 0) is 18.6 Å². The normalized spacial score (nSPS) is 10.3. The van der Waals surface area contributed by atoms with E-state index in [0.29, 0.717) is 23.2 Å². The standard InChI is InChI=1S/C22H19NO2/c1-16-11-13-18(14-12-16)21(24)19-9-5-6-10-20(19)22(25)23-15-17-7-3-2-4-8-17/h2-14H,15H2,1H3,(H,23,25). The van der Waals surface area contributed by atoms with Crippen molar-refractivity contribution in [1.29, 1.82) is 0 Å². The molecule has 0 fully saturated rings. The maximum Gasteiger partial charge on any atom is 0.252 e. The fourth-order valence-corrected chi connectivity index (χ4v) is 2.61. The van der Waals surface area contributed by atoms with Crippen LogP contribution in [0.1, 0.15) is 37.4 Å². The molecule has 3 aromatic rings. The van der Waals surface area contributed by atoms with Crippen molar-refractivity contribution >= 4 is 11.7 Å². The zero-order valence-electron chi connectivity index (χ0n) is 14.0. The average Bonchev–Trinajstić information content (AvgIpc) is 2.67. The van der Waals surface area contributed by atoms with Gasteiger partial charge in [0.2, 0.25) is 0 Å². The second-order valence-corrected chi connectivity index (χ2v) is 5.91. The monoisotopic (exact) mass is 329 g/mol. The highest BCUT2D eigenvalue weighted by atomic mass is 16.2. The summed E-state index contributed by atoms with van der Waals surface area (Å²) in [5.74, 6) is -0.398. The summed E-state index contributed by atoms with van der Waals surface area (Å²) in [6, 6.07) is 24.0. The summed E-state index contributed by atoms with van der Waals surface area (Å²) in [5.41, 5.74) is 3.48. The lowest BCUT2D eigenvalue weighted by atomic mass is 9.97.